The summed E-state index contributed by atoms with van der Waals surface area (Å²) in [6.45, 7) is 0.146. The molecule has 1 amide bonds. The average Bonchev–Trinajstić information content (AvgIpc) is 2.65. The summed E-state index contributed by atoms with van der Waals surface area (Å²) in [6, 6.07) is 15.3. The van der Waals surface area contributed by atoms with Crippen molar-refractivity contribution in [3.05, 3.63) is 64.7 Å². The third-order valence-electron chi connectivity index (χ3n) is 3.37. The monoisotopic (exact) mass is 380 g/mol. The fourth-order valence-electron chi connectivity index (χ4n) is 2.31. The summed E-state index contributed by atoms with van der Waals surface area (Å²) >= 11 is 6.11. The highest BCUT2D eigenvalue weighted by molar-refractivity contribution is 6.46. The number of hydrogen-bond donors (Lipinski definition) is 4. The van der Waals surface area contributed by atoms with E-state index in [9.17, 15) is 4.79 Å². The van der Waals surface area contributed by atoms with Crippen molar-refractivity contribution >= 4 is 38.0 Å². The Hall–Kier alpha value is -2.07. The van der Waals surface area contributed by atoms with Crippen molar-refractivity contribution in [3.63, 3.8) is 0 Å². The van der Waals surface area contributed by atoms with Crippen molar-refractivity contribution in [3.8, 4) is 0 Å². The molecule has 0 aromatic heterocycles. The van der Waals surface area contributed by atoms with Gasteiger partial charge in [-0.3, -0.25) is 9.79 Å². The highest BCUT2D eigenvalue weighted by Crippen LogP contribution is 2.28. The van der Waals surface area contributed by atoms with Crippen molar-refractivity contribution in [2.45, 2.75) is 0 Å². The molecule has 0 saturated heterocycles. The molecule has 0 aliphatic carbocycles. The van der Waals surface area contributed by atoms with Crippen molar-refractivity contribution < 1.29 is 24.0 Å². The largest absolute Gasteiger partial charge is 0.668 e. The van der Waals surface area contributed by atoms with E-state index in [1.807, 2.05) is 42.5 Å². The number of aliphatic imine (C=N–C) groups is 1. The lowest BCUT2D eigenvalue weighted by molar-refractivity contribution is -0.116. The molecular weight excluding hydrogens is 364 g/mol. The highest BCUT2D eigenvalue weighted by Gasteiger charge is 2.23. The fourth-order valence-corrected chi connectivity index (χ4v) is 2.48. The van der Waals surface area contributed by atoms with Crippen LogP contribution in [0.1, 0.15) is 11.1 Å². The molecule has 0 saturated carbocycles. The molecule has 132 valence electrons. The van der Waals surface area contributed by atoms with Gasteiger partial charge in [0.05, 0.1) is 11.4 Å². The molecular formula is C16H17ClN2O5Si. The Balaban J connectivity index is 0.000000399. The zero-order valence-electron chi connectivity index (χ0n) is 13.3. The van der Waals surface area contributed by atoms with Gasteiger partial charge in [0.15, 0.2) is 0 Å². The molecule has 0 bridgehead atoms. The van der Waals surface area contributed by atoms with E-state index in [1.165, 1.54) is 0 Å². The Morgan fingerprint density at radius 3 is 2.28 bits per heavy atom. The second kappa shape index (κ2) is 7.87. The van der Waals surface area contributed by atoms with Crippen molar-refractivity contribution in [2.24, 2.45) is 4.99 Å². The Morgan fingerprint density at radius 2 is 1.68 bits per heavy atom. The summed E-state index contributed by atoms with van der Waals surface area (Å²) in [5, 5.41) is 0.634. The minimum Gasteiger partial charge on any atom is -0.368 e. The number of carbonyl (C=O) groups is 1. The summed E-state index contributed by atoms with van der Waals surface area (Å²) in [5.41, 5.74) is 3.51. The third kappa shape index (κ3) is 5.46. The average molecular weight is 381 g/mol. The number of amides is 1. The number of rotatable bonds is 1. The van der Waals surface area contributed by atoms with Gasteiger partial charge in [-0.2, -0.15) is 0 Å². The molecule has 1 aliphatic rings. The van der Waals surface area contributed by atoms with Gasteiger partial charge in [-0.05, 0) is 18.2 Å². The predicted molar refractivity (Wildman–Crippen MR) is 96.4 cm³/mol. The van der Waals surface area contributed by atoms with E-state index in [0.29, 0.717) is 5.02 Å². The molecule has 2 aromatic rings. The quantitative estimate of drug-likeness (QED) is 0.539. The summed E-state index contributed by atoms with van der Waals surface area (Å²) in [7, 11) is -2.85. The number of halogens is 1. The molecule has 0 spiro atoms. The maximum Gasteiger partial charge on any atom is 0.668 e. The Labute approximate surface area is 150 Å². The number of carbonyl (C=O) groups excluding carboxylic acids is 1. The van der Waals surface area contributed by atoms with Crippen LogP contribution < -0.4 is 4.90 Å². The van der Waals surface area contributed by atoms with E-state index in [4.69, 9.17) is 30.8 Å². The minimum atomic E-state index is -4.61. The maximum absolute atomic E-state index is 12.0. The van der Waals surface area contributed by atoms with Crippen molar-refractivity contribution in [1.29, 1.82) is 0 Å². The van der Waals surface area contributed by atoms with Crippen LogP contribution in [0, 0.1) is 0 Å². The topological polar surface area (TPSA) is 114 Å². The molecule has 0 unspecified atom stereocenters. The number of likely N-dealkylation sites (N-methyl/N-ethyl adjacent to an activating group) is 1. The van der Waals surface area contributed by atoms with Crippen LogP contribution in [0.25, 0.3) is 0 Å². The first-order valence-electron chi connectivity index (χ1n) is 7.22. The van der Waals surface area contributed by atoms with Gasteiger partial charge in [0.2, 0.25) is 5.91 Å². The molecule has 4 N–H and O–H groups in total. The highest BCUT2D eigenvalue weighted by atomic mass is 35.5. The summed E-state index contributed by atoms with van der Waals surface area (Å²) in [5.74, 6) is -0.0282. The van der Waals surface area contributed by atoms with Gasteiger partial charge in [0, 0.05) is 23.2 Å². The number of benzodiazepines with no additional fused rings is 1. The minimum absolute atomic E-state index is 0.0282. The van der Waals surface area contributed by atoms with E-state index in [2.05, 4.69) is 4.99 Å². The van der Waals surface area contributed by atoms with E-state index in [1.54, 1.807) is 18.0 Å². The molecule has 0 atom stereocenters. The van der Waals surface area contributed by atoms with Crippen LogP contribution >= 0.6 is 11.6 Å². The molecule has 25 heavy (non-hydrogen) atoms. The van der Waals surface area contributed by atoms with E-state index < -0.39 is 9.05 Å². The van der Waals surface area contributed by atoms with Gasteiger partial charge >= 0.3 is 9.05 Å². The molecule has 9 heteroatoms. The number of benzene rings is 2. The fraction of sp³-hybridized carbons (Fsp3) is 0.125. The first-order valence-corrected chi connectivity index (χ1v) is 9.39. The van der Waals surface area contributed by atoms with Crippen LogP contribution in [-0.2, 0) is 4.79 Å². The van der Waals surface area contributed by atoms with Gasteiger partial charge in [-0.1, -0.05) is 41.9 Å². The summed E-state index contributed by atoms with van der Waals surface area (Å²) in [6.07, 6.45) is 0. The van der Waals surface area contributed by atoms with Crippen LogP contribution in [0.15, 0.2) is 53.5 Å². The SMILES string of the molecule is CN1C(=O)CN=C(c2ccccc2)c2cc(Cl)ccc21.O[Si](O)(O)O. The van der Waals surface area contributed by atoms with Crippen molar-refractivity contribution in [1.82, 2.24) is 0 Å². The summed E-state index contributed by atoms with van der Waals surface area (Å²) in [4.78, 5) is 47.4. The molecule has 0 radical (unpaired) electrons. The van der Waals surface area contributed by atoms with Crippen LogP contribution in [0.5, 0.6) is 0 Å². The van der Waals surface area contributed by atoms with Gasteiger partial charge in [0.25, 0.3) is 0 Å². The summed E-state index contributed by atoms with van der Waals surface area (Å²) < 4.78 is 0. The van der Waals surface area contributed by atoms with Crippen LogP contribution in [0.3, 0.4) is 0 Å². The van der Waals surface area contributed by atoms with E-state index in [-0.39, 0.29) is 12.5 Å². The van der Waals surface area contributed by atoms with Gasteiger partial charge < -0.3 is 24.1 Å². The predicted octanol–water partition coefficient (Wildman–Crippen LogP) is 0.545. The smallest absolute Gasteiger partial charge is 0.368 e. The van der Waals surface area contributed by atoms with E-state index in [0.717, 1.165) is 22.5 Å². The normalized spacial score (nSPS) is 14.1. The number of hydrogen-bond acceptors (Lipinski definition) is 6. The number of anilines is 1. The lowest BCUT2D eigenvalue weighted by Gasteiger charge is -2.18. The zero-order chi connectivity index (χ0) is 18.6. The van der Waals surface area contributed by atoms with Gasteiger partial charge in [-0.15, -0.1) is 0 Å². The number of fused-ring (bicyclic) bond motifs is 1. The third-order valence-corrected chi connectivity index (χ3v) is 3.60. The molecule has 1 aliphatic heterocycles. The Kier molecular flexibility index (Phi) is 6.06. The molecule has 7 nitrogen and oxygen atoms in total. The first kappa shape index (κ1) is 19.3. The molecule has 2 aromatic carbocycles. The number of nitrogens with zero attached hydrogens (tertiary/aromatic N) is 2. The van der Waals surface area contributed by atoms with Crippen molar-refractivity contribution in [2.75, 3.05) is 18.5 Å². The molecule has 0 fully saturated rings. The molecule has 1 heterocycles. The lowest BCUT2D eigenvalue weighted by atomic mass is 10.0. The van der Waals surface area contributed by atoms with Crippen LogP contribution in [-0.4, -0.2) is 53.4 Å². The van der Waals surface area contributed by atoms with Crippen LogP contribution in [0.4, 0.5) is 5.69 Å². The lowest BCUT2D eigenvalue weighted by Crippen LogP contribution is -2.33. The maximum atomic E-state index is 12.0. The standard InChI is InChI=1S/C16H13ClN2O.H4O4Si/c1-19-14-8-7-12(17)9-13(14)16(18-10-15(19)20)11-5-3-2-4-6-11;1-5(2,3)4/h2-9H,10H2,1H3;1-4H. The molecule has 3 rings (SSSR count). The van der Waals surface area contributed by atoms with E-state index >= 15 is 0 Å². The van der Waals surface area contributed by atoms with Gasteiger partial charge in [0.1, 0.15) is 6.54 Å². The van der Waals surface area contributed by atoms with Crippen LogP contribution in [0.2, 0.25) is 5.02 Å². The zero-order valence-corrected chi connectivity index (χ0v) is 15.1. The Morgan fingerprint density at radius 1 is 1.08 bits per heavy atom. The second-order valence-corrected chi connectivity index (χ2v) is 6.88. The Bertz CT molecular complexity index is 787. The first-order chi connectivity index (χ1) is 11.7. The van der Waals surface area contributed by atoms with Gasteiger partial charge in [-0.25, -0.2) is 0 Å². The second-order valence-electron chi connectivity index (χ2n) is 5.25.